The van der Waals surface area contributed by atoms with Gasteiger partial charge in [-0.2, -0.15) is 8.42 Å². The molecule has 298 valence electrons. The molecule has 0 aromatic carbocycles. The lowest BCUT2D eigenvalue weighted by atomic mass is 9.97. The number of allylic oxidation sites excluding steroid dienone is 4. The van der Waals surface area contributed by atoms with Crippen LogP contribution in [0.4, 0.5) is 0 Å². The van der Waals surface area contributed by atoms with E-state index in [0.717, 1.165) is 26.1 Å². The van der Waals surface area contributed by atoms with Crippen molar-refractivity contribution in [1.29, 1.82) is 0 Å². The van der Waals surface area contributed by atoms with Gasteiger partial charge in [0.1, 0.15) is 0 Å². The molecule has 50 heavy (non-hydrogen) atoms. The largest absolute Gasteiger partial charge is 0.397 e. The zero-order valence-electron chi connectivity index (χ0n) is 33.4. The summed E-state index contributed by atoms with van der Waals surface area (Å²) in [6.45, 7) is 8.82. The van der Waals surface area contributed by atoms with Crippen LogP contribution in [-0.4, -0.2) is 45.5 Å². The molecule has 0 spiro atoms. The molecule has 0 aliphatic carbocycles. The first-order chi connectivity index (χ1) is 24.4. The van der Waals surface area contributed by atoms with E-state index in [1.54, 1.807) is 6.92 Å². The predicted molar refractivity (Wildman–Crippen MR) is 215 cm³/mol. The lowest BCUT2D eigenvalue weighted by Crippen LogP contribution is -2.26. The molecule has 0 rings (SSSR count). The van der Waals surface area contributed by atoms with Crippen LogP contribution >= 0.6 is 0 Å². The molecule has 0 amide bonds. The Kier molecular flexibility index (Phi) is 38.9. The molecule has 1 N–H and O–H groups in total. The molecule has 0 fully saturated rings. The molecule has 0 aromatic heterocycles. The fourth-order valence-corrected chi connectivity index (χ4v) is 7.00. The molecule has 0 saturated heterocycles. The number of hydrogen-bond acceptors (Lipinski definition) is 5. The maximum absolute atomic E-state index is 11.3. The summed E-state index contributed by atoms with van der Waals surface area (Å²) >= 11 is 0. The van der Waals surface area contributed by atoms with Crippen molar-refractivity contribution >= 4 is 10.4 Å². The van der Waals surface area contributed by atoms with E-state index < -0.39 is 16.5 Å². The summed E-state index contributed by atoms with van der Waals surface area (Å²) in [6.07, 6.45) is 46.3. The topological polar surface area (TPSA) is 82.1 Å². The highest BCUT2D eigenvalue weighted by Crippen LogP contribution is 2.19. The van der Waals surface area contributed by atoms with Gasteiger partial charge in [0.2, 0.25) is 0 Å². The van der Waals surface area contributed by atoms with Crippen molar-refractivity contribution in [3.05, 3.63) is 24.3 Å². The molecule has 0 heterocycles. The van der Waals surface area contributed by atoms with E-state index in [1.165, 1.54) is 167 Å². The molecule has 0 radical (unpaired) electrons. The number of ether oxygens (including phenoxy) is 2. The van der Waals surface area contributed by atoms with E-state index in [0.29, 0.717) is 26.1 Å². The second-order valence-corrected chi connectivity index (χ2v) is 15.7. The quantitative estimate of drug-likeness (QED) is 0.0383. The van der Waals surface area contributed by atoms with Crippen molar-refractivity contribution in [1.82, 2.24) is 0 Å². The second-order valence-electron chi connectivity index (χ2n) is 14.7. The third kappa shape index (κ3) is 40.0. The SMILES string of the molecule is CCCCCCCC/C=C\CCCCCCCCOCCC(CCOCCCCCCCC/C=C\CCCCCCCC)C(C)OS(=O)(=O)O. The van der Waals surface area contributed by atoms with E-state index in [9.17, 15) is 13.0 Å². The van der Waals surface area contributed by atoms with Crippen molar-refractivity contribution in [2.75, 3.05) is 26.4 Å². The Morgan fingerprint density at radius 2 is 0.760 bits per heavy atom. The number of hydrogen-bond donors (Lipinski definition) is 1. The van der Waals surface area contributed by atoms with Crippen LogP contribution in [0.2, 0.25) is 0 Å². The maximum atomic E-state index is 11.3. The normalized spacial score (nSPS) is 13.1. The molecular weight excluding hydrogens is 645 g/mol. The Hall–Kier alpha value is -0.730. The Bertz CT molecular complexity index is 779. The molecule has 0 bridgehead atoms. The predicted octanol–water partition coefficient (Wildman–Crippen LogP) is 13.7. The standard InChI is InChI=1S/C43H84O6S/c1-4-6-8-10-12-14-16-18-20-22-24-26-28-30-32-34-38-47-40-36-43(42(3)49-50(44,45)46)37-41-48-39-35-33-31-29-27-25-23-21-19-17-15-13-11-9-7-5-2/h18-21,42-43H,4-17,22-41H2,1-3H3,(H,44,45,46)/b20-18-,21-19-. The monoisotopic (exact) mass is 729 g/mol. The van der Waals surface area contributed by atoms with Crippen LogP contribution in [0.15, 0.2) is 24.3 Å². The van der Waals surface area contributed by atoms with E-state index >= 15 is 0 Å². The molecule has 1 unspecified atom stereocenters. The van der Waals surface area contributed by atoms with Crippen LogP contribution in [0, 0.1) is 5.92 Å². The van der Waals surface area contributed by atoms with E-state index in [1.807, 2.05) is 0 Å². The lowest BCUT2D eigenvalue weighted by Gasteiger charge is -2.22. The Morgan fingerprint density at radius 3 is 1.08 bits per heavy atom. The van der Waals surface area contributed by atoms with Gasteiger partial charge in [-0.05, 0) is 89.9 Å². The zero-order valence-corrected chi connectivity index (χ0v) is 34.2. The van der Waals surface area contributed by atoms with Crippen molar-refractivity contribution in [2.24, 2.45) is 5.92 Å². The zero-order chi connectivity index (χ0) is 36.6. The van der Waals surface area contributed by atoms with Crippen LogP contribution in [0.5, 0.6) is 0 Å². The second kappa shape index (κ2) is 39.5. The van der Waals surface area contributed by atoms with E-state index in [-0.39, 0.29) is 5.92 Å². The van der Waals surface area contributed by atoms with Gasteiger partial charge in [-0.25, -0.2) is 4.18 Å². The van der Waals surface area contributed by atoms with Crippen molar-refractivity contribution in [3.8, 4) is 0 Å². The first-order valence-corrected chi connectivity index (χ1v) is 22.9. The minimum Gasteiger partial charge on any atom is -0.381 e. The first-order valence-electron chi connectivity index (χ1n) is 21.5. The van der Waals surface area contributed by atoms with Gasteiger partial charge in [0.15, 0.2) is 0 Å². The molecule has 0 saturated carbocycles. The summed E-state index contributed by atoms with van der Waals surface area (Å²) in [6, 6.07) is 0. The summed E-state index contributed by atoms with van der Waals surface area (Å²) in [5, 5.41) is 0. The summed E-state index contributed by atoms with van der Waals surface area (Å²) in [4.78, 5) is 0. The first kappa shape index (κ1) is 49.3. The highest BCUT2D eigenvalue weighted by Gasteiger charge is 2.22. The average molecular weight is 729 g/mol. The van der Waals surface area contributed by atoms with Crippen molar-refractivity contribution in [2.45, 2.75) is 219 Å². The van der Waals surface area contributed by atoms with Gasteiger partial charge in [-0.3, -0.25) is 4.55 Å². The average Bonchev–Trinajstić information content (AvgIpc) is 3.08. The molecular formula is C43H84O6S. The van der Waals surface area contributed by atoms with Crippen molar-refractivity contribution in [3.63, 3.8) is 0 Å². The van der Waals surface area contributed by atoms with Gasteiger partial charge < -0.3 is 9.47 Å². The third-order valence-corrected chi connectivity index (χ3v) is 10.4. The summed E-state index contributed by atoms with van der Waals surface area (Å²) in [5.41, 5.74) is 0. The van der Waals surface area contributed by atoms with Gasteiger partial charge in [0.25, 0.3) is 0 Å². The van der Waals surface area contributed by atoms with Crippen LogP contribution in [0.1, 0.15) is 213 Å². The Labute approximate surface area is 312 Å². The maximum Gasteiger partial charge on any atom is 0.397 e. The smallest absolute Gasteiger partial charge is 0.381 e. The van der Waals surface area contributed by atoms with E-state index in [2.05, 4.69) is 38.2 Å². The van der Waals surface area contributed by atoms with Crippen LogP contribution in [-0.2, 0) is 24.1 Å². The van der Waals surface area contributed by atoms with Crippen LogP contribution in [0.3, 0.4) is 0 Å². The molecule has 1 atom stereocenters. The van der Waals surface area contributed by atoms with Crippen molar-refractivity contribution < 1.29 is 26.6 Å². The fourth-order valence-electron chi connectivity index (χ4n) is 6.46. The van der Waals surface area contributed by atoms with E-state index in [4.69, 9.17) is 13.7 Å². The van der Waals surface area contributed by atoms with Gasteiger partial charge in [-0.1, -0.05) is 154 Å². The molecule has 0 aliphatic rings. The molecule has 7 heteroatoms. The Balaban J connectivity index is 3.79. The highest BCUT2D eigenvalue weighted by molar-refractivity contribution is 7.80. The van der Waals surface area contributed by atoms with Gasteiger partial charge in [0, 0.05) is 26.4 Å². The molecule has 0 aliphatic heterocycles. The highest BCUT2D eigenvalue weighted by atomic mass is 32.3. The fraction of sp³-hybridized carbons (Fsp3) is 0.907. The third-order valence-electron chi connectivity index (χ3n) is 9.80. The molecule has 6 nitrogen and oxygen atoms in total. The summed E-state index contributed by atoms with van der Waals surface area (Å²) in [5.74, 6) is -0.0587. The van der Waals surface area contributed by atoms with Gasteiger partial charge >= 0.3 is 10.4 Å². The van der Waals surface area contributed by atoms with Gasteiger partial charge in [-0.15, -0.1) is 0 Å². The molecule has 0 aromatic rings. The number of rotatable bonds is 41. The summed E-state index contributed by atoms with van der Waals surface area (Å²) < 4.78 is 48.5. The minimum atomic E-state index is -4.48. The van der Waals surface area contributed by atoms with Gasteiger partial charge in [0.05, 0.1) is 6.10 Å². The lowest BCUT2D eigenvalue weighted by molar-refractivity contribution is 0.0538. The minimum absolute atomic E-state index is 0.0587. The van der Waals surface area contributed by atoms with Crippen LogP contribution in [0.25, 0.3) is 0 Å². The number of unbranched alkanes of at least 4 members (excludes halogenated alkanes) is 24. The summed E-state index contributed by atoms with van der Waals surface area (Å²) in [7, 11) is -4.48. The van der Waals surface area contributed by atoms with Crippen LogP contribution < -0.4 is 0 Å². The Morgan fingerprint density at radius 1 is 0.460 bits per heavy atom.